The van der Waals surface area contributed by atoms with Gasteiger partial charge in [-0.05, 0) is 60.8 Å². The van der Waals surface area contributed by atoms with Gasteiger partial charge in [-0.1, -0.05) is 29.3 Å². The number of rotatable bonds is 4. The molecule has 0 bridgehead atoms. The van der Waals surface area contributed by atoms with Crippen molar-refractivity contribution in [3.05, 3.63) is 81.3 Å². The number of nitrogens with one attached hydrogen (secondary N) is 1. The number of carbonyl (C=O) groups excluding carboxylic acids is 3. The fourth-order valence-corrected chi connectivity index (χ4v) is 3.90. The third-order valence-corrected chi connectivity index (χ3v) is 5.72. The number of halogens is 3. The lowest BCUT2D eigenvalue weighted by Gasteiger charge is -2.28. The van der Waals surface area contributed by atoms with Gasteiger partial charge in [-0.25, -0.2) is 9.18 Å². The number of furan rings is 1. The second kappa shape index (κ2) is 9.38. The van der Waals surface area contributed by atoms with E-state index in [0.717, 1.165) is 11.0 Å². The average molecular weight is 519 g/mol. The quantitative estimate of drug-likeness (QED) is 0.226. The largest absolute Gasteiger partial charge is 0.465 e. The van der Waals surface area contributed by atoms with Crippen molar-refractivity contribution in [3.8, 4) is 11.3 Å². The van der Waals surface area contributed by atoms with E-state index >= 15 is 0 Å². The van der Waals surface area contributed by atoms with Gasteiger partial charge in [0.05, 0.1) is 28.4 Å². The van der Waals surface area contributed by atoms with Crippen molar-refractivity contribution in [2.75, 3.05) is 12.0 Å². The summed E-state index contributed by atoms with van der Waals surface area (Å²) in [7, 11) is 1.25. The van der Waals surface area contributed by atoms with Gasteiger partial charge in [-0.15, -0.1) is 0 Å². The second-order valence-corrected chi connectivity index (χ2v) is 8.15. The van der Waals surface area contributed by atoms with E-state index in [-0.39, 0.29) is 37.7 Å². The molecule has 0 saturated carbocycles. The van der Waals surface area contributed by atoms with E-state index in [1.165, 1.54) is 37.5 Å². The highest BCUT2D eigenvalue weighted by atomic mass is 35.5. The monoisotopic (exact) mass is 518 g/mol. The molecule has 1 saturated heterocycles. The Morgan fingerprint density at radius 2 is 1.88 bits per heavy atom. The third-order valence-electron chi connectivity index (χ3n) is 4.84. The first-order chi connectivity index (χ1) is 16.2. The second-order valence-electron chi connectivity index (χ2n) is 6.94. The smallest absolute Gasteiger partial charge is 0.339 e. The van der Waals surface area contributed by atoms with Gasteiger partial charge in [-0.3, -0.25) is 19.8 Å². The molecule has 34 heavy (non-hydrogen) atoms. The number of thiocarbonyl (C=S) groups is 1. The van der Waals surface area contributed by atoms with Crippen LogP contribution in [0.2, 0.25) is 10.0 Å². The molecular formula is C23H13Cl2FN2O5S. The van der Waals surface area contributed by atoms with Gasteiger partial charge in [0.15, 0.2) is 5.11 Å². The molecule has 1 fully saturated rings. The number of hydrogen-bond donors (Lipinski definition) is 1. The number of methoxy groups -OCH3 is 1. The minimum absolute atomic E-state index is 0.171. The molecule has 2 amide bonds. The molecule has 0 unspecified atom stereocenters. The summed E-state index contributed by atoms with van der Waals surface area (Å²) in [6, 6.07) is 11.4. The first-order valence-corrected chi connectivity index (χ1v) is 10.7. The fourth-order valence-electron chi connectivity index (χ4n) is 3.19. The van der Waals surface area contributed by atoms with E-state index in [0.29, 0.717) is 11.3 Å². The van der Waals surface area contributed by atoms with Crippen LogP contribution in [0.1, 0.15) is 16.1 Å². The number of amides is 2. The van der Waals surface area contributed by atoms with Gasteiger partial charge in [0.25, 0.3) is 11.8 Å². The van der Waals surface area contributed by atoms with Crippen LogP contribution in [0.25, 0.3) is 17.4 Å². The topological polar surface area (TPSA) is 88.9 Å². The molecular weight excluding hydrogens is 506 g/mol. The zero-order valence-corrected chi connectivity index (χ0v) is 19.6. The van der Waals surface area contributed by atoms with Crippen LogP contribution in [0.15, 0.2) is 58.5 Å². The maximum Gasteiger partial charge on any atom is 0.339 e. The number of nitrogens with zero attached hydrogens (tertiary/aromatic N) is 1. The number of esters is 1. The van der Waals surface area contributed by atoms with Gasteiger partial charge >= 0.3 is 5.97 Å². The van der Waals surface area contributed by atoms with Crippen LogP contribution in [0.4, 0.5) is 10.1 Å². The maximum atomic E-state index is 13.5. The van der Waals surface area contributed by atoms with E-state index in [2.05, 4.69) is 10.1 Å². The van der Waals surface area contributed by atoms with Crippen molar-refractivity contribution in [1.82, 2.24) is 5.32 Å². The minimum atomic E-state index is -0.736. The molecule has 2 aromatic carbocycles. The standard InChI is InChI=1S/C23H13Cl2FN2O5S/c1-32-22(31)14-5-2-11(8-16(14)24)19-7-4-13(33-19)10-15-20(29)27-23(34)28(21(15)30)12-3-6-18(26)17(25)9-12/h2-10H,1H3,(H,27,29,34)/b15-10+. The Hall–Kier alpha value is -3.53. The lowest BCUT2D eigenvalue weighted by Crippen LogP contribution is -2.54. The number of hydrogen-bond acceptors (Lipinski definition) is 6. The molecule has 7 nitrogen and oxygen atoms in total. The molecule has 1 N–H and O–H groups in total. The molecule has 0 radical (unpaired) electrons. The number of anilines is 1. The van der Waals surface area contributed by atoms with Crippen molar-refractivity contribution in [2.45, 2.75) is 0 Å². The van der Waals surface area contributed by atoms with Gasteiger partial charge in [0, 0.05) is 5.56 Å². The van der Waals surface area contributed by atoms with Crippen molar-refractivity contribution in [2.24, 2.45) is 0 Å². The molecule has 11 heteroatoms. The fraction of sp³-hybridized carbons (Fsp3) is 0.0435. The molecule has 1 aromatic heterocycles. The Morgan fingerprint density at radius 1 is 1.12 bits per heavy atom. The summed E-state index contributed by atoms with van der Waals surface area (Å²) < 4.78 is 24.0. The van der Waals surface area contributed by atoms with Gasteiger partial charge < -0.3 is 9.15 Å². The third kappa shape index (κ3) is 4.45. The lowest BCUT2D eigenvalue weighted by atomic mass is 10.1. The van der Waals surface area contributed by atoms with Crippen LogP contribution in [0.5, 0.6) is 0 Å². The molecule has 4 rings (SSSR count). The molecule has 0 spiro atoms. The predicted molar refractivity (Wildman–Crippen MR) is 128 cm³/mol. The van der Waals surface area contributed by atoms with Crippen molar-refractivity contribution < 1.29 is 27.9 Å². The molecule has 0 atom stereocenters. The van der Waals surface area contributed by atoms with Gasteiger partial charge in [-0.2, -0.15) is 0 Å². The van der Waals surface area contributed by atoms with Crippen LogP contribution in [-0.4, -0.2) is 30.0 Å². The lowest BCUT2D eigenvalue weighted by molar-refractivity contribution is -0.122. The van der Waals surface area contributed by atoms with Crippen LogP contribution >= 0.6 is 35.4 Å². The summed E-state index contributed by atoms with van der Waals surface area (Å²) in [6.07, 6.45) is 1.26. The normalized spacial score (nSPS) is 15.0. The van der Waals surface area contributed by atoms with Crippen molar-refractivity contribution in [3.63, 3.8) is 0 Å². The molecule has 2 heterocycles. The van der Waals surface area contributed by atoms with Crippen LogP contribution in [0, 0.1) is 5.82 Å². The predicted octanol–water partition coefficient (Wildman–Crippen LogP) is 5.01. The number of ether oxygens (including phenoxy) is 1. The summed E-state index contributed by atoms with van der Waals surface area (Å²) in [5.74, 6) is -2.11. The Morgan fingerprint density at radius 3 is 2.56 bits per heavy atom. The van der Waals surface area contributed by atoms with E-state index in [1.807, 2.05) is 0 Å². The zero-order chi connectivity index (χ0) is 24.6. The minimum Gasteiger partial charge on any atom is -0.465 e. The van der Waals surface area contributed by atoms with E-state index in [4.69, 9.17) is 39.8 Å². The van der Waals surface area contributed by atoms with E-state index in [9.17, 15) is 18.8 Å². The summed E-state index contributed by atoms with van der Waals surface area (Å²) >= 11 is 17.1. The summed E-state index contributed by atoms with van der Waals surface area (Å²) in [5, 5.41) is 2.21. The molecule has 3 aromatic rings. The molecule has 0 aliphatic carbocycles. The first kappa shape index (κ1) is 23.6. The number of carbonyl (C=O) groups is 3. The maximum absolute atomic E-state index is 13.5. The molecule has 172 valence electrons. The Balaban J connectivity index is 1.65. The Labute approximate surface area is 207 Å². The average Bonchev–Trinajstić information content (AvgIpc) is 3.27. The van der Waals surface area contributed by atoms with Crippen LogP contribution < -0.4 is 10.2 Å². The van der Waals surface area contributed by atoms with Gasteiger partial charge in [0.1, 0.15) is 22.9 Å². The number of benzene rings is 2. The summed E-state index contributed by atoms with van der Waals surface area (Å²) in [6.45, 7) is 0. The SMILES string of the molecule is COC(=O)c1ccc(-c2ccc(/C=C3\C(=O)NC(=S)N(c4ccc(F)c(Cl)c4)C3=O)o2)cc1Cl. The van der Waals surface area contributed by atoms with Crippen molar-refractivity contribution in [1.29, 1.82) is 0 Å². The summed E-state index contributed by atoms with van der Waals surface area (Å²) in [5.41, 5.74) is 0.690. The van der Waals surface area contributed by atoms with Crippen molar-refractivity contribution >= 4 is 70.1 Å². The van der Waals surface area contributed by atoms with Crippen LogP contribution in [-0.2, 0) is 14.3 Å². The zero-order valence-electron chi connectivity index (χ0n) is 17.2. The Kier molecular flexibility index (Phi) is 6.52. The highest BCUT2D eigenvalue weighted by Gasteiger charge is 2.35. The highest BCUT2D eigenvalue weighted by Crippen LogP contribution is 2.30. The van der Waals surface area contributed by atoms with E-state index in [1.54, 1.807) is 18.2 Å². The summed E-state index contributed by atoms with van der Waals surface area (Å²) in [4.78, 5) is 38.3. The van der Waals surface area contributed by atoms with Crippen LogP contribution in [0.3, 0.4) is 0 Å². The van der Waals surface area contributed by atoms with E-state index < -0.39 is 23.6 Å². The molecule has 1 aliphatic rings. The molecule has 1 aliphatic heterocycles. The first-order valence-electron chi connectivity index (χ1n) is 9.54. The Bertz CT molecular complexity index is 1400. The van der Waals surface area contributed by atoms with Gasteiger partial charge in [0.2, 0.25) is 0 Å². The highest BCUT2D eigenvalue weighted by molar-refractivity contribution is 7.80.